The molecule has 2 fully saturated rings. The highest BCUT2D eigenvalue weighted by molar-refractivity contribution is 6.00. The van der Waals surface area contributed by atoms with Crippen molar-refractivity contribution in [2.24, 2.45) is 11.8 Å². The van der Waals surface area contributed by atoms with E-state index in [2.05, 4.69) is 0 Å². The molecule has 3 atom stereocenters. The monoisotopic (exact) mass is 255 g/mol. The van der Waals surface area contributed by atoms with Gasteiger partial charge in [-0.15, -0.1) is 0 Å². The Hall–Kier alpha value is -1.10. The molecule has 0 saturated carbocycles. The smallest absolute Gasteiger partial charge is 0.318 e. The molecule has 0 N–H and O–H groups in total. The van der Waals surface area contributed by atoms with Crippen LogP contribution in [0.5, 0.6) is 0 Å². The minimum atomic E-state index is -0.650. The molecule has 0 bridgehead atoms. The third-order valence-electron chi connectivity index (χ3n) is 3.96. The van der Waals surface area contributed by atoms with Crippen LogP contribution in [0.2, 0.25) is 0 Å². The molecule has 5 heteroatoms. The second-order valence-electron chi connectivity index (χ2n) is 5.34. The van der Waals surface area contributed by atoms with Crippen LogP contribution in [0.15, 0.2) is 0 Å². The van der Waals surface area contributed by atoms with Crippen molar-refractivity contribution in [1.82, 2.24) is 4.90 Å². The molecule has 0 aliphatic carbocycles. The number of carbonyl (C=O) groups excluding carboxylic acids is 2. The molecule has 2 aliphatic rings. The van der Waals surface area contributed by atoms with Gasteiger partial charge in [0.05, 0.1) is 19.3 Å². The van der Waals surface area contributed by atoms with Crippen LogP contribution in [0.1, 0.15) is 34.1 Å². The zero-order valence-electron chi connectivity index (χ0n) is 11.4. The normalized spacial score (nSPS) is 33.7. The number of nitrogens with zero attached hydrogens (tertiary/aromatic N) is 1. The highest BCUT2D eigenvalue weighted by Gasteiger charge is 2.59. The Kier molecular flexibility index (Phi) is 3.36. The molecule has 2 heterocycles. The van der Waals surface area contributed by atoms with Gasteiger partial charge in [0.15, 0.2) is 0 Å². The van der Waals surface area contributed by atoms with Gasteiger partial charge in [-0.2, -0.15) is 0 Å². The van der Waals surface area contributed by atoms with Crippen LogP contribution in [0, 0.1) is 11.8 Å². The van der Waals surface area contributed by atoms with Crippen molar-refractivity contribution in [3.05, 3.63) is 0 Å². The highest BCUT2D eigenvalue weighted by Crippen LogP contribution is 2.43. The lowest BCUT2D eigenvalue weighted by Crippen LogP contribution is -2.45. The van der Waals surface area contributed by atoms with Crippen molar-refractivity contribution < 1.29 is 19.1 Å². The first-order valence-electron chi connectivity index (χ1n) is 6.57. The summed E-state index contributed by atoms with van der Waals surface area (Å²) in [6.45, 7) is 8.30. The van der Waals surface area contributed by atoms with E-state index >= 15 is 0 Å². The van der Waals surface area contributed by atoms with Crippen LogP contribution in [0.4, 0.5) is 0 Å². The second-order valence-corrected chi connectivity index (χ2v) is 5.34. The highest BCUT2D eigenvalue weighted by atomic mass is 16.5. The van der Waals surface area contributed by atoms with E-state index in [9.17, 15) is 9.59 Å². The van der Waals surface area contributed by atoms with Gasteiger partial charge in [0.2, 0.25) is 5.91 Å². The number of rotatable bonds is 3. The van der Waals surface area contributed by atoms with Crippen LogP contribution in [-0.4, -0.2) is 41.8 Å². The molecule has 0 aromatic heterocycles. The fraction of sp³-hybridized carbons (Fsp3) is 0.846. The average Bonchev–Trinajstić information content (AvgIpc) is 2.76. The van der Waals surface area contributed by atoms with Crippen molar-refractivity contribution in [2.45, 2.75) is 45.9 Å². The molecule has 0 aromatic carbocycles. The van der Waals surface area contributed by atoms with Gasteiger partial charge < -0.3 is 14.4 Å². The van der Waals surface area contributed by atoms with E-state index in [4.69, 9.17) is 9.47 Å². The minimum absolute atomic E-state index is 0.00155. The molecule has 0 radical (unpaired) electrons. The summed E-state index contributed by atoms with van der Waals surface area (Å²) in [4.78, 5) is 26.1. The fourth-order valence-electron chi connectivity index (χ4n) is 3.15. The largest absolute Gasteiger partial charge is 0.465 e. The molecular weight excluding hydrogens is 234 g/mol. The van der Waals surface area contributed by atoms with Crippen molar-refractivity contribution >= 4 is 11.9 Å². The van der Waals surface area contributed by atoms with Crippen molar-refractivity contribution in [3.63, 3.8) is 0 Å². The summed E-state index contributed by atoms with van der Waals surface area (Å²) in [7, 11) is 0. The summed E-state index contributed by atoms with van der Waals surface area (Å²) >= 11 is 0. The number of esters is 1. The Morgan fingerprint density at radius 3 is 2.72 bits per heavy atom. The van der Waals surface area contributed by atoms with Gasteiger partial charge in [-0.25, -0.2) is 0 Å². The number of carbonyl (C=O) groups is 2. The maximum absolute atomic E-state index is 12.4. The summed E-state index contributed by atoms with van der Waals surface area (Å²) in [5.74, 6) is -1.19. The number of hydrogen-bond donors (Lipinski definition) is 0. The predicted molar refractivity (Wildman–Crippen MR) is 64.6 cm³/mol. The van der Waals surface area contributed by atoms with E-state index in [1.54, 1.807) is 11.8 Å². The molecular formula is C13H21NO4. The lowest BCUT2D eigenvalue weighted by atomic mass is 9.88. The van der Waals surface area contributed by atoms with E-state index in [1.807, 2.05) is 20.8 Å². The second kappa shape index (κ2) is 4.53. The Morgan fingerprint density at radius 1 is 1.50 bits per heavy atom. The van der Waals surface area contributed by atoms with Crippen LogP contribution in [0.25, 0.3) is 0 Å². The van der Waals surface area contributed by atoms with Crippen LogP contribution >= 0.6 is 0 Å². The van der Waals surface area contributed by atoms with Gasteiger partial charge in [0.1, 0.15) is 11.6 Å². The van der Waals surface area contributed by atoms with Crippen molar-refractivity contribution in [2.75, 3.05) is 13.2 Å². The van der Waals surface area contributed by atoms with E-state index in [0.29, 0.717) is 13.2 Å². The molecule has 2 saturated heterocycles. The van der Waals surface area contributed by atoms with Gasteiger partial charge in [0, 0.05) is 5.92 Å². The molecule has 2 rings (SSSR count). The Balaban J connectivity index is 2.28. The van der Waals surface area contributed by atoms with Gasteiger partial charge >= 0.3 is 5.97 Å². The molecule has 0 aromatic rings. The number of ether oxygens (including phenoxy) is 2. The summed E-state index contributed by atoms with van der Waals surface area (Å²) in [6, 6.07) is 0.00639. The van der Waals surface area contributed by atoms with Gasteiger partial charge in [-0.3, -0.25) is 9.59 Å². The first kappa shape index (κ1) is 13.3. The topological polar surface area (TPSA) is 55.8 Å². The summed E-state index contributed by atoms with van der Waals surface area (Å²) in [5, 5.41) is 0. The Bertz CT molecular complexity index is 366. The number of fused-ring (bicyclic) bond motifs is 1. The van der Waals surface area contributed by atoms with Crippen LogP contribution < -0.4 is 0 Å². The van der Waals surface area contributed by atoms with E-state index < -0.39 is 11.6 Å². The maximum Gasteiger partial charge on any atom is 0.318 e. The lowest BCUT2D eigenvalue weighted by molar-refractivity contribution is -0.158. The van der Waals surface area contributed by atoms with Crippen molar-refractivity contribution in [3.8, 4) is 0 Å². The van der Waals surface area contributed by atoms with Crippen LogP contribution in [0.3, 0.4) is 0 Å². The summed E-state index contributed by atoms with van der Waals surface area (Å²) < 4.78 is 10.7. The third-order valence-corrected chi connectivity index (χ3v) is 3.96. The van der Waals surface area contributed by atoms with Gasteiger partial charge in [0.25, 0.3) is 0 Å². The first-order chi connectivity index (χ1) is 8.44. The average molecular weight is 255 g/mol. The van der Waals surface area contributed by atoms with Crippen molar-refractivity contribution in [1.29, 1.82) is 0 Å². The Labute approximate surface area is 107 Å². The standard InChI is InChI=1S/C13H21NO4/c1-5-8-9-7-18-13(3,4)14(9)11(15)10(8)12(16)17-6-2/h8-10H,5-7H2,1-4H3/t8-,9-,10+/m1/s1. The third kappa shape index (κ3) is 1.81. The fourth-order valence-corrected chi connectivity index (χ4v) is 3.15. The molecule has 0 unspecified atom stereocenters. The lowest BCUT2D eigenvalue weighted by Gasteiger charge is -2.29. The van der Waals surface area contributed by atoms with E-state index in [1.165, 1.54) is 0 Å². The minimum Gasteiger partial charge on any atom is -0.465 e. The zero-order chi connectivity index (χ0) is 13.5. The van der Waals surface area contributed by atoms with E-state index in [0.717, 1.165) is 6.42 Å². The molecule has 18 heavy (non-hydrogen) atoms. The Morgan fingerprint density at radius 2 is 2.17 bits per heavy atom. The zero-order valence-corrected chi connectivity index (χ0v) is 11.4. The number of hydrogen-bond acceptors (Lipinski definition) is 4. The SMILES string of the molecule is CCOC(=O)[C@@H]1C(=O)N2[C@H](COC2(C)C)[C@H]1CC. The van der Waals surface area contributed by atoms with Crippen LogP contribution in [-0.2, 0) is 19.1 Å². The quantitative estimate of drug-likeness (QED) is 0.561. The molecule has 2 aliphatic heterocycles. The maximum atomic E-state index is 12.4. The molecule has 5 nitrogen and oxygen atoms in total. The van der Waals surface area contributed by atoms with E-state index in [-0.39, 0.29) is 23.8 Å². The number of amides is 1. The van der Waals surface area contributed by atoms with Gasteiger partial charge in [-0.05, 0) is 27.2 Å². The first-order valence-corrected chi connectivity index (χ1v) is 6.57. The van der Waals surface area contributed by atoms with Gasteiger partial charge in [-0.1, -0.05) is 6.92 Å². The molecule has 1 amide bonds. The summed E-state index contributed by atoms with van der Waals surface area (Å²) in [5.41, 5.74) is -0.615. The predicted octanol–water partition coefficient (Wildman–Crippen LogP) is 1.17. The summed E-state index contributed by atoms with van der Waals surface area (Å²) in [6.07, 6.45) is 0.774. The molecule has 0 spiro atoms. The molecule has 102 valence electrons.